The summed E-state index contributed by atoms with van der Waals surface area (Å²) in [5.74, 6) is 0.705. The molecule has 1 heteroatoms. The second-order valence-corrected chi connectivity index (χ2v) is 6.59. The first kappa shape index (κ1) is 14.3. The van der Waals surface area contributed by atoms with E-state index in [1.165, 1.54) is 40.7 Å². The van der Waals surface area contributed by atoms with Gasteiger partial charge in [-0.05, 0) is 60.0 Å². The fraction of sp³-hybridized carbons (Fsp3) is 0.400. The number of benzene rings is 2. The third kappa shape index (κ3) is 3.03. The van der Waals surface area contributed by atoms with E-state index in [-0.39, 0.29) is 0 Å². The summed E-state index contributed by atoms with van der Waals surface area (Å²) in [6.45, 7) is 4.56. The molecule has 1 aliphatic carbocycles. The molecule has 0 aromatic heterocycles. The molecule has 0 bridgehead atoms. The van der Waals surface area contributed by atoms with Crippen LogP contribution in [0.3, 0.4) is 0 Å². The Balaban J connectivity index is 1.91. The van der Waals surface area contributed by atoms with E-state index >= 15 is 0 Å². The molecule has 1 aliphatic rings. The zero-order valence-corrected chi connectivity index (χ0v) is 13.3. The highest BCUT2D eigenvalue weighted by molar-refractivity contribution is 5.66. The Morgan fingerprint density at radius 2 is 1.90 bits per heavy atom. The lowest BCUT2D eigenvalue weighted by molar-refractivity contribution is 0.590. The maximum Gasteiger partial charge on any atom is 0.0323 e. The number of aryl methyl sites for hydroxylation is 1. The lowest BCUT2D eigenvalue weighted by Crippen LogP contribution is -2.12. The Hall–Kier alpha value is -1.60. The monoisotopic (exact) mass is 279 g/mol. The van der Waals surface area contributed by atoms with E-state index in [1.54, 1.807) is 0 Å². The summed E-state index contributed by atoms with van der Waals surface area (Å²) in [7, 11) is 2.06. The fourth-order valence-electron chi connectivity index (χ4n) is 3.45. The van der Waals surface area contributed by atoms with Gasteiger partial charge in [-0.2, -0.15) is 0 Å². The van der Waals surface area contributed by atoms with Crippen LogP contribution in [-0.4, -0.2) is 7.05 Å². The van der Waals surface area contributed by atoms with Gasteiger partial charge in [0.2, 0.25) is 0 Å². The van der Waals surface area contributed by atoms with Crippen molar-refractivity contribution in [3.63, 3.8) is 0 Å². The minimum Gasteiger partial charge on any atom is -0.313 e. The molecule has 3 rings (SSSR count). The Kier molecular flexibility index (Phi) is 4.12. The summed E-state index contributed by atoms with van der Waals surface area (Å²) in [4.78, 5) is 0. The smallest absolute Gasteiger partial charge is 0.0323 e. The topological polar surface area (TPSA) is 12.0 Å². The predicted molar refractivity (Wildman–Crippen MR) is 90.5 cm³/mol. The van der Waals surface area contributed by atoms with Crippen LogP contribution >= 0.6 is 0 Å². The molecule has 0 heterocycles. The van der Waals surface area contributed by atoms with Crippen molar-refractivity contribution < 1.29 is 0 Å². The van der Waals surface area contributed by atoms with Gasteiger partial charge in [0.15, 0.2) is 0 Å². The highest BCUT2D eigenvalue weighted by Gasteiger charge is 2.20. The van der Waals surface area contributed by atoms with Gasteiger partial charge in [0.25, 0.3) is 0 Å². The van der Waals surface area contributed by atoms with Gasteiger partial charge in [-0.1, -0.05) is 56.3 Å². The molecule has 0 saturated carbocycles. The lowest BCUT2D eigenvalue weighted by Gasteiger charge is -2.12. The maximum atomic E-state index is 3.41. The number of nitrogens with one attached hydrogen (secondary N) is 1. The third-order valence-electron chi connectivity index (χ3n) is 4.47. The number of hydrogen-bond acceptors (Lipinski definition) is 1. The van der Waals surface area contributed by atoms with Crippen molar-refractivity contribution in [2.45, 2.75) is 39.2 Å². The molecule has 0 aliphatic heterocycles. The predicted octanol–water partition coefficient (Wildman–Crippen LogP) is 4.76. The molecule has 0 radical (unpaired) electrons. The van der Waals surface area contributed by atoms with Crippen molar-refractivity contribution in [1.82, 2.24) is 5.32 Å². The largest absolute Gasteiger partial charge is 0.313 e. The van der Waals surface area contributed by atoms with Crippen molar-refractivity contribution in [3.05, 3.63) is 59.2 Å². The average Bonchev–Trinajstić information content (AvgIpc) is 2.89. The molecule has 1 N–H and O–H groups in total. The van der Waals surface area contributed by atoms with Crippen LogP contribution < -0.4 is 5.32 Å². The molecular weight excluding hydrogens is 254 g/mol. The van der Waals surface area contributed by atoms with Crippen LogP contribution in [0.2, 0.25) is 0 Å². The molecule has 21 heavy (non-hydrogen) atoms. The Morgan fingerprint density at radius 3 is 2.67 bits per heavy atom. The van der Waals surface area contributed by atoms with Crippen LogP contribution in [0, 0.1) is 5.92 Å². The molecule has 1 nitrogen and oxygen atoms in total. The Labute approximate surface area is 128 Å². The van der Waals surface area contributed by atoms with Gasteiger partial charge < -0.3 is 5.32 Å². The summed E-state index contributed by atoms with van der Waals surface area (Å²) in [6, 6.07) is 16.5. The molecule has 0 saturated heterocycles. The van der Waals surface area contributed by atoms with Gasteiger partial charge in [0.05, 0.1) is 0 Å². The van der Waals surface area contributed by atoms with Crippen molar-refractivity contribution in [2.24, 2.45) is 5.92 Å². The van der Waals surface area contributed by atoms with Crippen molar-refractivity contribution in [1.29, 1.82) is 0 Å². The van der Waals surface area contributed by atoms with Gasteiger partial charge in [-0.15, -0.1) is 0 Å². The van der Waals surface area contributed by atoms with E-state index in [0.717, 1.165) is 6.42 Å². The molecular formula is C20H25N. The van der Waals surface area contributed by atoms with Crippen LogP contribution in [0.15, 0.2) is 42.5 Å². The lowest BCUT2D eigenvalue weighted by atomic mass is 9.96. The normalized spacial score (nSPS) is 17.2. The molecule has 2 aromatic carbocycles. The summed E-state index contributed by atoms with van der Waals surface area (Å²) in [6.07, 6.45) is 3.57. The van der Waals surface area contributed by atoms with E-state index < -0.39 is 0 Å². The first-order chi connectivity index (χ1) is 10.2. The highest BCUT2D eigenvalue weighted by Crippen LogP contribution is 2.34. The van der Waals surface area contributed by atoms with Crippen LogP contribution in [0.25, 0.3) is 11.1 Å². The standard InChI is InChI=1S/C20H25N/c1-14(2)11-15-5-4-6-16(12-15)17-7-9-19-18(13-17)8-10-20(19)21-3/h4-7,9,12-14,20-21H,8,10-11H2,1-3H3. The molecule has 110 valence electrons. The summed E-state index contributed by atoms with van der Waals surface area (Å²) in [5, 5.41) is 3.41. The minimum atomic E-state index is 0.543. The Bertz CT molecular complexity index is 627. The zero-order valence-electron chi connectivity index (χ0n) is 13.3. The average molecular weight is 279 g/mol. The van der Waals surface area contributed by atoms with Crippen LogP contribution in [0.1, 0.15) is 43.0 Å². The van der Waals surface area contributed by atoms with Gasteiger partial charge in [0.1, 0.15) is 0 Å². The number of fused-ring (bicyclic) bond motifs is 1. The van der Waals surface area contributed by atoms with Crippen LogP contribution in [-0.2, 0) is 12.8 Å². The van der Waals surface area contributed by atoms with Crippen molar-refractivity contribution >= 4 is 0 Å². The summed E-state index contributed by atoms with van der Waals surface area (Å²) >= 11 is 0. The molecule has 0 amide bonds. The fourth-order valence-corrected chi connectivity index (χ4v) is 3.45. The molecule has 0 fully saturated rings. The molecule has 0 spiro atoms. The Morgan fingerprint density at radius 1 is 1.10 bits per heavy atom. The molecule has 2 aromatic rings. The molecule has 1 atom stereocenters. The third-order valence-corrected chi connectivity index (χ3v) is 4.47. The number of hydrogen-bond donors (Lipinski definition) is 1. The summed E-state index contributed by atoms with van der Waals surface area (Å²) < 4.78 is 0. The second kappa shape index (κ2) is 6.03. The second-order valence-electron chi connectivity index (χ2n) is 6.59. The van der Waals surface area contributed by atoms with Crippen molar-refractivity contribution in [2.75, 3.05) is 7.05 Å². The molecule has 1 unspecified atom stereocenters. The quantitative estimate of drug-likeness (QED) is 0.851. The van der Waals surface area contributed by atoms with Gasteiger partial charge in [0, 0.05) is 6.04 Å². The van der Waals surface area contributed by atoms with E-state index in [4.69, 9.17) is 0 Å². The van der Waals surface area contributed by atoms with Crippen LogP contribution in [0.4, 0.5) is 0 Å². The van der Waals surface area contributed by atoms with E-state index in [0.29, 0.717) is 12.0 Å². The van der Waals surface area contributed by atoms with Crippen molar-refractivity contribution in [3.8, 4) is 11.1 Å². The van der Waals surface area contributed by atoms with E-state index in [1.807, 2.05) is 0 Å². The zero-order chi connectivity index (χ0) is 14.8. The minimum absolute atomic E-state index is 0.543. The van der Waals surface area contributed by atoms with Gasteiger partial charge in [-0.3, -0.25) is 0 Å². The SMILES string of the molecule is CNC1CCc2cc(-c3cccc(CC(C)C)c3)ccc21. The van der Waals surface area contributed by atoms with Crippen LogP contribution in [0.5, 0.6) is 0 Å². The first-order valence-corrected chi connectivity index (χ1v) is 8.07. The van der Waals surface area contributed by atoms with E-state index in [2.05, 4.69) is 68.7 Å². The highest BCUT2D eigenvalue weighted by atomic mass is 14.9. The van der Waals surface area contributed by atoms with E-state index in [9.17, 15) is 0 Å². The first-order valence-electron chi connectivity index (χ1n) is 8.07. The number of rotatable bonds is 4. The maximum absolute atomic E-state index is 3.41. The van der Waals surface area contributed by atoms with Gasteiger partial charge >= 0.3 is 0 Å². The van der Waals surface area contributed by atoms with Gasteiger partial charge in [-0.25, -0.2) is 0 Å². The summed E-state index contributed by atoms with van der Waals surface area (Å²) in [5.41, 5.74) is 7.15.